The van der Waals surface area contributed by atoms with Crippen molar-refractivity contribution in [3.63, 3.8) is 0 Å². The summed E-state index contributed by atoms with van der Waals surface area (Å²) in [5.74, 6) is 0.913. The number of hydroxylamine groups is 1. The minimum absolute atomic E-state index is 0.429. The molecule has 3 aromatic rings. The molecule has 0 amide bonds. The lowest BCUT2D eigenvalue weighted by molar-refractivity contribution is 0.240. The van der Waals surface area contributed by atoms with E-state index in [-0.39, 0.29) is 0 Å². The summed E-state index contributed by atoms with van der Waals surface area (Å²) in [6.07, 6.45) is 6.20. The van der Waals surface area contributed by atoms with Crippen molar-refractivity contribution in [1.29, 1.82) is 0 Å². The van der Waals surface area contributed by atoms with Gasteiger partial charge in [-0.15, -0.1) is 0 Å². The molecule has 0 saturated carbocycles. The van der Waals surface area contributed by atoms with E-state index in [1.54, 1.807) is 12.4 Å². The van der Waals surface area contributed by atoms with Crippen LogP contribution in [-0.4, -0.2) is 26.7 Å². The normalized spacial score (nSPS) is 14.0. The Bertz CT molecular complexity index is 947. The standard InChI is InChI=1S/C18H15N5O2/c24-21-11-20-16-14-6-2-1-4-12(14)7-8-15(16)18-22-17(23-25-18)13-5-3-9-19-10-13/h1-6,9-11,24H,7-8H2,(H,20,21). The number of benzene rings is 1. The second-order valence-corrected chi connectivity index (χ2v) is 5.54. The Balaban J connectivity index is 1.81. The third-order valence-electron chi connectivity index (χ3n) is 4.06. The molecule has 0 radical (unpaired) electrons. The highest BCUT2D eigenvalue weighted by atomic mass is 16.5. The van der Waals surface area contributed by atoms with Gasteiger partial charge in [-0.1, -0.05) is 29.4 Å². The van der Waals surface area contributed by atoms with Crippen LogP contribution in [0.1, 0.15) is 23.4 Å². The molecule has 0 spiro atoms. The minimum atomic E-state index is 0.429. The zero-order chi connectivity index (χ0) is 17.1. The molecule has 7 heteroatoms. The Morgan fingerprint density at radius 1 is 1.16 bits per heavy atom. The summed E-state index contributed by atoms with van der Waals surface area (Å²) < 4.78 is 5.48. The van der Waals surface area contributed by atoms with Crippen LogP contribution in [0.15, 0.2) is 58.3 Å². The Labute approximate surface area is 143 Å². The highest BCUT2D eigenvalue weighted by Crippen LogP contribution is 2.37. The number of nitrogens with one attached hydrogen (secondary N) is 1. The summed E-state index contributed by atoms with van der Waals surface area (Å²) in [4.78, 5) is 12.9. The first-order valence-electron chi connectivity index (χ1n) is 7.85. The van der Waals surface area contributed by atoms with Gasteiger partial charge in [0.15, 0.2) is 0 Å². The maximum absolute atomic E-state index is 8.87. The molecular formula is C18H15N5O2. The van der Waals surface area contributed by atoms with Crippen LogP contribution in [0.4, 0.5) is 0 Å². The maximum atomic E-state index is 8.87. The van der Waals surface area contributed by atoms with Crippen molar-refractivity contribution in [2.75, 3.05) is 0 Å². The summed E-state index contributed by atoms with van der Waals surface area (Å²) in [6.45, 7) is 0. The van der Waals surface area contributed by atoms with Crippen molar-refractivity contribution in [3.05, 3.63) is 65.8 Å². The van der Waals surface area contributed by atoms with Crippen LogP contribution in [0.25, 0.3) is 22.7 Å². The molecule has 0 fully saturated rings. The summed E-state index contributed by atoms with van der Waals surface area (Å²) >= 11 is 0. The Hall–Kier alpha value is -3.32. The summed E-state index contributed by atoms with van der Waals surface area (Å²) in [5.41, 5.74) is 6.50. The third kappa shape index (κ3) is 2.92. The average Bonchev–Trinajstić information content (AvgIpc) is 3.16. The lowest BCUT2D eigenvalue weighted by Crippen LogP contribution is -2.07. The van der Waals surface area contributed by atoms with E-state index < -0.39 is 0 Å². The maximum Gasteiger partial charge on any atom is 0.256 e. The molecular weight excluding hydrogens is 318 g/mol. The summed E-state index contributed by atoms with van der Waals surface area (Å²) in [7, 11) is 0. The van der Waals surface area contributed by atoms with Gasteiger partial charge in [-0.3, -0.25) is 15.7 Å². The highest BCUT2D eigenvalue weighted by molar-refractivity contribution is 5.93. The molecule has 0 unspecified atom stereocenters. The summed E-state index contributed by atoms with van der Waals surface area (Å²) in [6, 6.07) is 11.7. The number of rotatable bonds is 4. The van der Waals surface area contributed by atoms with E-state index in [9.17, 15) is 0 Å². The monoisotopic (exact) mass is 333 g/mol. The molecule has 4 rings (SSSR count). The zero-order valence-corrected chi connectivity index (χ0v) is 13.3. The topological polar surface area (TPSA) is 96.4 Å². The molecule has 0 atom stereocenters. The predicted octanol–water partition coefficient (Wildman–Crippen LogP) is 2.95. The molecule has 2 aromatic heterocycles. The summed E-state index contributed by atoms with van der Waals surface area (Å²) in [5, 5.41) is 12.9. The Morgan fingerprint density at radius 3 is 2.92 bits per heavy atom. The van der Waals surface area contributed by atoms with Crippen molar-refractivity contribution in [3.8, 4) is 11.4 Å². The van der Waals surface area contributed by atoms with Crippen LogP contribution in [0, 0.1) is 0 Å². The van der Waals surface area contributed by atoms with Crippen LogP contribution >= 0.6 is 0 Å². The van der Waals surface area contributed by atoms with Crippen molar-refractivity contribution in [2.24, 2.45) is 4.99 Å². The predicted molar refractivity (Wildman–Crippen MR) is 92.5 cm³/mol. The second-order valence-electron chi connectivity index (χ2n) is 5.54. The van der Waals surface area contributed by atoms with E-state index in [4.69, 9.17) is 9.73 Å². The fraction of sp³-hybridized carbons (Fsp3) is 0.111. The minimum Gasteiger partial charge on any atom is -0.334 e. The second kappa shape index (κ2) is 6.66. The van der Waals surface area contributed by atoms with Gasteiger partial charge >= 0.3 is 0 Å². The van der Waals surface area contributed by atoms with Crippen LogP contribution in [0.3, 0.4) is 0 Å². The van der Waals surface area contributed by atoms with Crippen molar-refractivity contribution in [2.45, 2.75) is 12.8 Å². The van der Waals surface area contributed by atoms with Gasteiger partial charge in [0, 0.05) is 29.1 Å². The number of aliphatic imine (C=N–C) groups is 1. The average molecular weight is 333 g/mol. The van der Waals surface area contributed by atoms with E-state index in [2.05, 4.69) is 26.2 Å². The number of aryl methyl sites for hydroxylation is 1. The number of nitrogens with zero attached hydrogens (tertiary/aromatic N) is 4. The molecule has 0 aliphatic heterocycles. The molecule has 0 saturated heterocycles. The molecule has 7 nitrogen and oxygen atoms in total. The lowest BCUT2D eigenvalue weighted by Gasteiger charge is -2.18. The van der Waals surface area contributed by atoms with Gasteiger partial charge in [0.05, 0.1) is 5.70 Å². The number of allylic oxidation sites excluding steroid dienone is 1. The molecule has 2 heterocycles. The van der Waals surface area contributed by atoms with Gasteiger partial charge < -0.3 is 4.52 Å². The first-order chi connectivity index (χ1) is 12.4. The van der Waals surface area contributed by atoms with E-state index in [1.807, 2.05) is 35.8 Å². The Kier molecular flexibility index (Phi) is 4.05. The van der Waals surface area contributed by atoms with E-state index in [0.717, 1.165) is 29.5 Å². The molecule has 2 N–H and O–H groups in total. The lowest BCUT2D eigenvalue weighted by atomic mass is 9.89. The van der Waals surface area contributed by atoms with Gasteiger partial charge in [-0.2, -0.15) is 4.98 Å². The van der Waals surface area contributed by atoms with E-state index in [0.29, 0.717) is 17.4 Å². The van der Waals surface area contributed by atoms with Gasteiger partial charge in [0.2, 0.25) is 5.82 Å². The number of hydrogen-bond donors (Lipinski definition) is 2. The first kappa shape index (κ1) is 15.2. The highest BCUT2D eigenvalue weighted by Gasteiger charge is 2.23. The molecule has 1 aliphatic carbocycles. The van der Waals surface area contributed by atoms with Crippen molar-refractivity contribution < 1.29 is 9.73 Å². The zero-order valence-electron chi connectivity index (χ0n) is 13.3. The number of pyridine rings is 1. The fourth-order valence-electron chi connectivity index (χ4n) is 2.92. The van der Waals surface area contributed by atoms with Crippen LogP contribution in [0.5, 0.6) is 0 Å². The van der Waals surface area contributed by atoms with Gasteiger partial charge in [0.25, 0.3) is 5.89 Å². The van der Waals surface area contributed by atoms with Crippen LogP contribution in [0.2, 0.25) is 0 Å². The molecule has 1 aromatic carbocycles. The fourth-order valence-corrected chi connectivity index (χ4v) is 2.92. The third-order valence-corrected chi connectivity index (χ3v) is 4.06. The molecule has 124 valence electrons. The molecule has 0 bridgehead atoms. The molecule has 25 heavy (non-hydrogen) atoms. The van der Waals surface area contributed by atoms with Gasteiger partial charge in [0.1, 0.15) is 6.34 Å². The Morgan fingerprint density at radius 2 is 2.08 bits per heavy atom. The number of hydrogen-bond acceptors (Lipinski definition) is 6. The first-order valence-corrected chi connectivity index (χ1v) is 7.85. The van der Waals surface area contributed by atoms with Crippen LogP contribution in [-0.2, 0) is 6.42 Å². The largest absolute Gasteiger partial charge is 0.334 e. The number of aromatic nitrogens is 3. The molecule has 1 aliphatic rings. The van der Waals surface area contributed by atoms with Gasteiger partial charge in [-0.25, -0.2) is 4.99 Å². The number of fused-ring (bicyclic) bond motifs is 1. The van der Waals surface area contributed by atoms with Crippen LogP contribution < -0.4 is 5.48 Å². The SMILES string of the molecule is ONC=NC1=C(c2nc(-c3cccnc3)no2)CCc2ccccc21. The van der Waals surface area contributed by atoms with Crippen molar-refractivity contribution in [1.82, 2.24) is 20.6 Å². The van der Waals surface area contributed by atoms with Crippen molar-refractivity contribution >= 4 is 17.6 Å². The van der Waals surface area contributed by atoms with E-state index in [1.165, 1.54) is 11.9 Å². The smallest absolute Gasteiger partial charge is 0.256 e. The van der Waals surface area contributed by atoms with E-state index >= 15 is 0 Å². The van der Waals surface area contributed by atoms with Gasteiger partial charge in [-0.05, 0) is 30.5 Å². The quantitative estimate of drug-likeness (QED) is 0.433.